The van der Waals surface area contributed by atoms with Gasteiger partial charge in [0, 0.05) is 11.1 Å². The van der Waals surface area contributed by atoms with Gasteiger partial charge >= 0.3 is 0 Å². The van der Waals surface area contributed by atoms with Crippen LogP contribution in [0, 0.1) is 0 Å². The topological polar surface area (TPSA) is 151 Å². The van der Waals surface area contributed by atoms with Gasteiger partial charge in [-0.3, -0.25) is 0 Å². The molecule has 0 spiro atoms. The predicted molar refractivity (Wildman–Crippen MR) is 121 cm³/mol. The molecule has 0 amide bonds. The van der Waals surface area contributed by atoms with Crippen LogP contribution in [0.1, 0.15) is 12.5 Å². The van der Waals surface area contributed by atoms with Crippen molar-refractivity contribution in [3.63, 3.8) is 0 Å². The molecule has 9 heteroatoms. The third kappa shape index (κ3) is 4.97. The quantitative estimate of drug-likeness (QED) is 0.370. The zero-order chi connectivity index (χ0) is 23.5. The Morgan fingerprint density at radius 2 is 1.45 bits per heavy atom. The van der Waals surface area contributed by atoms with Crippen LogP contribution in [0.25, 0.3) is 22.5 Å². The van der Waals surface area contributed by atoms with Gasteiger partial charge in [-0.15, -0.1) is 0 Å². The lowest BCUT2D eigenvalue weighted by Gasteiger charge is -2.39. The van der Waals surface area contributed by atoms with Gasteiger partial charge in [-0.25, -0.2) is 9.97 Å². The number of aromatic nitrogens is 2. The number of hydrogen-bond acceptors (Lipinski definition) is 9. The van der Waals surface area contributed by atoms with Gasteiger partial charge in [0.1, 0.15) is 30.2 Å². The number of nitrogens with two attached hydrogens (primary N) is 1. The molecule has 0 bridgehead atoms. The second kappa shape index (κ2) is 9.82. The smallest absolute Gasteiger partial charge is 0.229 e. The third-order valence-corrected chi connectivity index (χ3v) is 5.65. The van der Waals surface area contributed by atoms with Crippen LogP contribution in [0.4, 0.5) is 5.95 Å². The number of hydrogen-bond donors (Lipinski definition) is 5. The number of ether oxygens (including phenoxy) is 2. The molecule has 1 fully saturated rings. The number of aryl methyl sites for hydroxylation is 1. The van der Waals surface area contributed by atoms with Gasteiger partial charge in [0.05, 0.1) is 18.0 Å². The SMILES string of the molecule is CCc1ccc(-c2cc(-c3ccc(OC4OC(CO)C(O)C(O)C4O)cc3)nc(N)n2)cc1. The Morgan fingerprint density at radius 3 is 2.00 bits per heavy atom. The van der Waals surface area contributed by atoms with Crippen molar-refractivity contribution < 1.29 is 29.9 Å². The van der Waals surface area contributed by atoms with Crippen LogP contribution >= 0.6 is 0 Å². The van der Waals surface area contributed by atoms with Crippen molar-refractivity contribution in [2.75, 3.05) is 12.3 Å². The summed E-state index contributed by atoms with van der Waals surface area (Å²) in [5.74, 6) is 0.518. The first-order valence-electron chi connectivity index (χ1n) is 10.7. The lowest BCUT2D eigenvalue weighted by atomic mass is 9.99. The minimum atomic E-state index is -1.51. The van der Waals surface area contributed by atoms with Gasteiger partial charge in [0.2, 0.25) is 12.2 Å². The summed E-state index contributed by atoms with van der Waals surface area (Å²) in [4.78, 5) is 8.68. The van der Waals surface area contributed by atoms with Crippen molar-refractivity contribution in [3.05, 3.63) is 60.2 Å². The molecule has 1 saturated heterocycles. The second-order valence-electron chi connectivity index (χ2n) is 7.89. The van der Waals surface area contributed by atoms with Crippen molar-refractivity contribution >= 4 is 5.95 Å². The summed E-state index contributed by atoms with van der Waals surface area (Å²) >= 11 is 0. The van der Waals surface area contributed by atoms with E-state index in [1.807, 2.05) is 18.2 Å². The number of nitrogens with zero attached hydrogens (tertiary/aromatic N) is 2. The zero-order valence-electron chi connectivity index (χ0n) is 18.1. The fourth-order valence-corrected chi connectivity index (χ4v) is 3.68. The van der Waals surface area contributed by atoms with Crippen molar-refractivity contribution in [1.82, 2.24) is 9.97 Å². The van der Waals surface area contributed by atoms with Gasteiger partial charge in [0.15, 0.2) is 0 Å². The van der Waals surface area contributed by atoms with Crippen LogP contribution in [0.5, 0.6) is 5.75 Å². The Balaban J connectivity index is 1.53. The van der Waals surface area contributed by atoms with E-state index in [-0.39, 0.29) is 5.95 Å². The maximum atomic E-state index is 10.1. The van der Waals surface area contributed by atoms with E-state index in [1.165, 1.54) is 5.56 Å². The normalized spacial score (nSPS) is 25.1. The minimum Gasteiger partial charge on any atom is -0.462 e. The van der Waals surface area contributed by atoms with Crippen LogP contribution < -0.4 is 10.5 Å². The molecule has 3 aromatic rings. The maximum absolute atomic E-state index is 10.1. The number of nitrogen functional groups attached to an aromatic ring is 1. The molecule has 1 aliphatic heterocycles. The first kappa shape index (κ1) is 23.1. The average Bonchev–Trinajstić information content (AvgIpc) is 2.84. The van der Waals surface area contributed by atoms with Crippen LogP contribution in [-0.4, -0.2) is 67.7 Å². The summed E-state index contributed by atoms with van der Waals surface area (Å²) in [6, 6.07) is 16.8. The molecule has 9 nitrogen and oxygen atoms in total. The van der Waals surface area contributed by atoms with Crippen molar-refractivity contribution in [3.8, 4) is 28.3 Å². The highest BCUT2D eigenvalue weighted by Gasteiger charge is 2.44. The molecule has 1 aromatic heterocycles. The molecule has 5 unspecified atom stereocenters. The van der Waals surface area contributed by atoms with Crippen LogP contribution in [0.15, 0.2) is 54.6 Å². The first-order valence-corrected chi connectivity index (χ1v) is 10.7. The number of aliphatic hydroxyl groups is 4. The molecule has 1 aliphatic rings. The Bertz CT molecular complexity index is 1070. The zero-order valence-corrected chi connectivity index (χ0v) is 18.1. The van der Waals surface area contributed by atoms with E-state index in [0.29, 0.717) is 17.1 Å². The van der Waals surface area contributed by atoms with E-state index in [2.05, 4.69) is 29.0 Å². The summed E-state index contributed by atoms with van der Waals surface area (Å²) in [7, 11) is 0. The van der Waals surface area contributed by atoms with Gasteiger partial charge < -0.3 is 35.6 Å². The molecule has 2 heterocycles. The molecule has 2 aromatic carbocycles. The first-order chi connectivity index (χ1) is 15.9. The monoisotopic (exact) mass is 453 g/mol. The standard InChI is InChI=1S/C24H27N3O6/c1-2-13-3-5-14(6-4-13)17-11-18(27-24(25)26-17)15-7-9-16(10-8-15)32-23-22(31)21(30)20(29)19(12-28)33-23/h3-11,19-23,28-31H,2,12H2,1H3,(H2,25,26,27). The molecule has 0 radical (unpaired) electrons. The molecule has 33 heavy (non-hydrogen) atoms. The minimum absolute atomic E-state index is 0.156. The van der Waals surface area contributed by atoms with Crippen molar-refractivity contribution in [1.29, 1.82) is 0 Å². The highest BCUT2D eigenvalue weighted by atomic mass is 16.7. The van der Waals surface area contributed by atoms with Crippen LogP contribution in [0.2, 0.25) is 0 Å². The Hall–Kier alpha value is -3.08. The molecule has 6 N–H and O–H groups in total. The summed E-state index contributed by atoms with van der Waals surface area (Å²) in [5, 5.41) is 39.3. The molecule has 0 saturated carbocycles. The van der Waals surface area contributed by atoms with Gasteiger partial charge in [-0.05, 0) is 42.3 Å². The molecule has 5 atom stereocenters. The van der Waals surface area contributed by atoms with Crippen LogP contribution in [-0.2, 0) is 11.2 Å². The van der Waals surface area contributed by atoms with Gasteiger partial charge in [-0.2, -0.15) is 0 Å². The highest BCUT2D eigenvalue weighted by molar-refractivity contribution is 5.69. The molecular formula is C24H27N3O6. The second-order valence-corrected chi connectivity index (χ2v) is 7.89. The summed E-state index contributed by atoms with van der Waals surface area (Å²) in [6.07, 6.45) is -5.77. The largest absolute Gasteiger partial charge is 0.462 e. The van der Waals surface area contributed by atoms with Crippen molar-refractivity contribution in [2.45, 2.75) is 44.1 Å². The summed E-state index contributed by atoms with van der Waals surface area (Å²) in [6.45, 7) is 1.57. The van der Waals surface area contributed by atoms with E-state index in [0.717, 1.165) is 17.5 Å². The van der Waals surface area contributed by atoms with E-state index < -0.39 is 37.3 Å². The lowest BCUT2D eigenvalue weighted by Crippen LogP contribution is -2.60. The lowest BCUT2D eigenvalue weighted by molar-refractivity contribution is -0.277. The Labute approximate surface area is 191 Å². The van der Waals surface area contributed by atoms with Crippen molar-refractivity contribution in [2.24, 2.45) is 0 Å². The molecular weight excluding hydrogens is 426 g/mol. The van der Waals surface area contributed by atoms with E-state index >= 15 is 0 Å². The van der Waals surface area contributed by atoms with E-state index in [1.54, 1.807) is 24.3 Å². The fraction of sp³-hybridized carbons (Fsp3) is 0.333. The predicted octanol–water partition coefficient (Wildman–Crippen LogP) is 1.13. The van der Waals surface area contributed by atoms with Gasteiger partial charge in [-0.1, -0.05) is 31.2 Å². The van der Waals surface area contributed by atoms with E-state index in [4.69, 9.17) is 15.2 Å². The fourth-order valence-electron chi connectivity index (χ4n) is 3.68. The third-order valence-electron chi connectivity index (χ3n) is 5.65. The summed E-state index contributed by atoms with van der Waals surface area (Å²) in [5.41, 5.74) is 10.2. The Morgan fingerprint density at radius 1 is 0.879 bits per heavy atom. The van der Waals surface area contributed by atoms with Gasteiger partial charge in [0.25, 0.3) is 0 Å². The summed E-state index contributed by atoms with van der Waals surface area (Å²) < 4.78 is 11.0. The maximum Gasteiger partial charge on any atom is 0.229 e. The number of aliphatic hydroxyl groups excluding tert-OH is 4. The molecule has 174 valence electrons. The number of anilines is 1. The van der Waals surface area contributed by atoms with E-state index in [9.17, 15) is 20.4 Å². The number of rotatable bonds is 6. The molecule has 4 rings (SSSR count). The highest BCUT2D eigenvalue weighted by Crippen LogP contribution is 2.28. The van der Waals surface area contributed by atoms with Crippen LogP contribution in [0.3, 0.4) is 0 Å². The number of benzene rings is 2. The average molecular weight is 453 g/mol. The Kier molecular flexibility index (Phi) is 6.87. The molecule has 0 aliphatic carbocycles.